The molecule has 0 spiro atoms. The number of hydrogen-bond acceptors (Lipinski definition) is 2. The monoisotopic (exact) mass is 204 g/mol. The van der Waals surface area contributed by atoms with Crippen LogP contribution in [0, 0.1) is 0 Å². The van der Waals surface area contributed by atoms with Crippen molar-refractivity contribution in [3.05, 3.63) is 22.2 Å². The molecule has 0 bridgehead atoms. The molecular weight excluding hydrogens is 195 g/mol. The van der Waals surface area contributed by atoms with Gasteiger partial charge in [0.2, 0.25) is 0 Å². The number of hydrogen-bond donors (Lipinski definition) is 2. The highest BCUT2D eigenvalue weighted by Gasteiger charge is 2.03. The molecule has 66 valence electrons. The van der Waals surface area contributed by atoms with Crippen LogP contribution >= 0.6 is 23.2 Å². The predicted molar refractivity (Wildman–Crippen MR) is 55.0 cm³/mol. The van der Waals surface area contributed by atoms with E-state index in [0.717, 1.165) is 12.2 Å². The van der Waals surface area contributed by atoms with Crippen molar-refractivity contribution in [3.8, 4) is 0 Å². The lowest BCUT2D eigenvalue weighted by atomic mass is 10.2. The highest BCUT2D eigenvalue weighted by atomic mass is 35.5. The highest BCUT2D eigenvalue weighted by Crippen LogP contribution is 2.30. The van der Waals surface area contributed by atoms with Crippen LogP contribution in [0.4, 0.5) is 11.4 Å². The van der Waals surface area contributed by atoms with Gasteiger partial charge < -0.3 is 11.1 Å². The second-order valence-electron chi connectivity index (χ2n) is 2.38. The van der Waals surface area contributed by atoms with Gasteiger partial charge in [-0.1, -0.05) is 23.2 Å². The summed E-state index contributed by atoms with van der Waals surface area (Å²) in [5, 5.41) is 4.14. The lowest BCUT2D eigenvalue weighted by Gasteiger charge is -2.08. The summed E-state index contributed by atoms with van der Waals surface area (Å²) in [6, 6.07) is 3.38. The third kappa shape index (κ3) is 1.96. The van der Waals surface area contributed by atoms with Gasteiger partial charge in [-0.05, 0) is 19.1 Å². The molecule has 0 aliphatic carbocycles. The predicted octanol–water partition coefficient (Wildman–Crippen LogP) is 3.01. The number of anilines is 2. The maximum Gasteiger partial charge on any atom is 0.0740 e. The number of nitrogens with two attached hydrogens (primary N) is 1. The average molecular weight is 205 g/mol. The molecule has 1 rings (SSSR count). The summed E-state index contributed by atoms with van der Waals surface area (Å²) in [5.74, 6) is 0. The van der Waals surface area contributed by atoms with Crippen molar-refractivity contribution in [3.63, 3.8) is 0 Å². The van der Waals surface area contributed by atoms with Gasteiger partial charge in [-0.15, -0.1) is 0 Å². The fourth-order valence-electron chi connectivity index (χ4n) is 0.921. The first-order chi connectivity index (χ1) is 5.65. The maximum atomic E-state index is 5.81. The van der Waals surface area contributed by atoms with Crippen LogP contribution in [-0.2, 0) is 0 Å². The summed E-state index contributed by atoms with van der Waals surface area (Å²) in [6.07, 6.45) is 0. The Morgan fingerprint density at radius 2 is 2.08 bits per heavy atom. The van der Waals surface area contributed by atoms with Crippen LogP contribution in [0.5, 0.6) is 0 Å². The minimum Gasteiger partial charge on any atom is -0.396 e. The molecule has 0 saturated heterocycles. The number of rotatable bonds is 2. The van der Waals surface area contributed by atoms with Crippen LogP contribution in [0.1, 0.15) is 6.92 Å². The zero-order chi connectivity index (χ0) is 9.14. The number of nitrogens with one attached hydrogen (secondary N) is 1. The molecule has 2 nitrogen and oxygen atoms in total. The lowest BCUT2D eigenvalue weighted by molar-refractivity contribution is 1.21. The fraction of sp³-hybridized carbons (Fsp3) is 0.250. The summed E-state index contributed by atoms with van der Waals surface area (Å²) in [5.41, 5.74) is 7.02. The molecule has 4 heteroatoms. The summed E-state index contributed by atoms with van der Waals surface area (Å²) < 4.78 is 0. The SMILES string of the molecule is CCNc1cc(Cl)cc(Cl)c1N. The Balaban J connectivity index is 3.09. The van der Waals surface area contributed by atoms with E-state index < -0.39 is 0 Å². The Morgan fingerprint density at radius 1 is 1.42 bits per heavy atom. The third-order valence-corrected chi connectivity index (χ3v) is 1.99. The molecule has 1 aromatic rings. The first kappa shape index (κ1) is 9.49. The Kier molecular flexibility index (Phi) is 3.06. The van der Waals surface area contributed by atoms with Crippen molar-refractivity contribution in [1.82, 2.24) is 0 Å². The van der Waals surface area contributed by atoms with Crippen LogP contribution in [0.3, 0.4) is 0 Å². The van der Waals surface area contributed by atoms with Crippen LogP contribution in [0.15, 0.2) is 12.1 Å². The molecule has 12 heavy (non-hydrogen) atoms. The molecule has 0 aromatic heterocycles. The summed E-state index contributed by atoms with van der Waals surface area (Å²) in [7, 11) is 0. The van der Waals surface area contributed by atoms with E-state index in [2.05, 4.69) is 5.32 Å². The fourth-order valence-corrected chi connectivity index (χ4v) is 1.41. The van der Waals surface area contributed by atoms with Crippen LogP contribution in [-0.4, -0.2) is 6.54 Å². The van der Waals surface area contributed by atoms with Gasteiger partial charge in [-0.3, -0.25) is 0 Å². The highest BCUT2D eigenvalue weighted by molar-refractivity contribution is 6.37. The number of benzene rings is 1. The van der Waals surface area contributed by atoms with Gasteiger partial charge in [0.25, 0.3) is 0 Å². The summed E-state index contributed by atoms with van der Waals surface area (Å²) >= 11 is 11.6. The van der Waals surface area contributed by atoms with Gasteiger partial charge in [0, 0.05) is 11.6 Å². The second kappa shape index (κ2) is 3.87. The molecule has 0 aliphatic rings. The molecule has 0 unspecified atom stereocenters. The van der Waals surface area contributed by atoms with Crippen molar-refractivity contribution >= 4 is 34.6 Å². The van der Waals surface area contributed by atoms with Crippen molar-refractivity contribution in [2.75, 3.05) is 17.6 Å². The van der Waals surface area contributed by atoms with Gasteiger partial charge in [0.1, 0.15) is 0 Å². The van der Waals surface area contributed by atoms with Crippen molar-refractivity contribution < 1.29 is 0 Å². The zero-order valence-electron chi connectivity index (χ0n) is 6.70. The van der Waals surface area contributed by atoms with E-state index >= 15 is 0 Å². The lowest BCUT2D eigenvalue weighted by Crippen LogP contribution is -2.01. The zero-order valence-corrected chi connectivity index (χ0v) is 8.21. The van der Waals surface area contributed by atoms with Gasteiger partial charge in [-0.25, -0.2) is 0 Å². The van der Waals surface area contributed by atoms with Gasteiger partial charge in [-0.2, -0.15) is 0 Å². The summed E-state index contributed by atoms with van der Waals surface area (Å²) in [4.78, 5) is 0. The van der Waals surface area contributed by atoms with E-state index in [1.807, 2.05) is 6.92 Å². The minimum atomic E-state index is 0.485. The quantitative estimate of drug-likeness (QED) is 0.728. The van der Waals surface area contributed by atoms with Crippen molar-refractivity contribution in [2.45, 2.75) is 6.92 Å². The number of halogens is 2. The van der Waals surface area contributed by atoms with Crippen LogP contribution in [0.25, 0.3) is 0 Å². The van der Waals surface area contributed by atoms with E-state index in [1.54, 1.807) is 12.1 Å². The molecule has 0 aliphatic heterocycles. The van der Waals surface area contributed by atoms with E-state index in [4.69, 9.17) is 28.9 Å². The Morgan fingerprint density at radius 3 is 2.67 bits per heavy atom. The Labute approximate surface area is 81.7 Å². The van der Waals surface area contributed by atoms with Gasteiger partial charge in [0.15, 0.2) is 0 Å². The van der Waals surface area contributed by atoms with E-state index in [1.165, 1.54) is 0 Å². The Hall–Kier alpha value is -0.600. The van der Waals surface area contributed by atoms with Gasteiger partial charge >= 0.3 is 0 Å². The van der Waals surface area contributed by atoms with Crippen LogP contribution in [0.2, 0.25) is 10.0 Å². The molecule has 0 amide bonds. The molecule has 0 heterocycles. The van der Waals surface area contributed by atoms with Crippen molar-refractivity contribution in [2.24, 2.45) is 0 Å². The van der Waals surface area contributed by atoms with Crippen LogP contribution < -0.4 is 11.1 Å². The molecule has 3 N–H and O–H groups in total. The van der Waals surface area contributed by atoms with E-state index in [0.29, 0.717) is 15.7 Å². The van der Waals surface area contributed by atoms with E-state index in [9.17, 15) is 0 Å². The van der Waals surface area contributed by atoms with Crippen molar-refractivity contribution in [1.29, 1.82) is 0 Å². The number of nitrogen functional groups attached to an aromatic ring is 1. The molecule has 0 saturated carbocycles. The first-order valence-corrected chi connectivity index (χ1v) is 4.39. The molecule has 0 atom stereocenters. The minimum absolute atomic E-state index is 0.485. The Bertz CT molecular complexity index is 287. The molecular formula is C8H10Cl2N2. The molecule has 0 fully saturated rings. The maximum absolute atomic E-state index is 5.81. The average Bonchev–Trinajstić information content (AvgIpc) is 2.00. The first-order valence-electron chi connectivity index (χ1n) is 3.63. The third-order valence-electron chi connectivity index (χ3n) is 1.46. The normalized spacial score (nSPS) is 9.92. The van der Waals surface area contributed by atoms with Gasteiger partial charge in [0.05, 0.1) is 16.4 Å². The summed E-state index contributed by atoms with van der Waals surface area (Å²) in [6.45, 7) is 2.77. The van der Waals surface area contributed by atoms with E-state index in [-0.39, 0.29) is 0 Å². The molecule has 0 radical (unpaired) electrons. The topological polar surface area (TPSA) is 38.0 Å². The molecule has 1 aromatic carbocycles. The second-order valence-corrected chi connectivity index (χ2v) is 3.22. The smallest absolute Gasteiger partial charge is 0.0740 e. The standard InChI is InChI=1S/C8H10Cl2N2/c1-2-12-7-4-5(9)3-6(10)8(7)11/h3-4,12H,2,11H2,1H3. The largest absolute Gasteiger partial charge is 0.396 e.